The number of hydrogen-bond acceptors (Lipinski definition) is 4. The first-order valence-corrected chi connectivity index (χ1v) is 9.37. The molecule has 2 aromatic carbocycles. The zero-order valence-electron chi connectivity index (χ0n) is 16.2. The molecule has 1 aromatic heterocycles. The number of aromatic nitrogens is 1. The van der Waals surface area contributed by atoms with Crippen molar-refractivity contribution in [2.24, 2.45) is 4.99 Å². The van der Waals surface area contributed by atoms with Crippen molar-refractivity contribution in [3.8, 4) is 0 Å². The van der Waals surface area contributed by atoms with Crippen LogP contribution in [0.25, 0.3) is 10.9 Å². The van der Waals surface area contributed by atoms with Crippen LogP contribution in [-0.4, -0.2) is 51.0 Å². The van der Waals surface area contributed by atoms with E-state index in [1.54, 1.807) is 24.3 Å². The Balaban J connectivity index is 1.90. The highest BCUT2D eigenvalue weighted by molar-refractivity contribution is 6.14. The molecule has 0 radical (unpaired) electrons. The third-order valence-electron chi connectivity index (χ3n) is 5.27. The smallest absolute Gasteiger partial charge is 0.371 e. The number of halogens is 3. The molecule has 0 saturated carbocycles. The van der Waals surface area contributed by atoms with E-state index in [1.165, 1.54) is 39.9 Å². The maximum atomic E-state index is 14.2. The van der Waals surface area contributed by atoms with Crippen molar-refractivity contribution < 1.29 is 27.8 Å². The van der Waals surface area contributed by atoms with Gasteiger partial charge in [-0.1, -0.05) is 30.3 Å². The molecule has 1 atom stereocenters. The molecule has 0 aliphatic carbocycles. The van der Waals surface area contributed by atoms with Crippen LogP contribution in [-0.2, 0) is 12.1 Å². The number of aliphatic hydroxyl groups is 1. The summed E-state index contributed by atoms with van der Waals surface area (Å²) in [5.41, 5.74) is -2.77. The van der Waals surface area contributed by atoms with Gasteiger partial charge in [0.05, 0.1) is 16.7 Å². The Morgan fingerprint density at radius 3 is 2.55 bits per heavy atom. The largest absolute Gasteiger partial charge is 0.427 e. The maximum absolute atomic E-state index is 14.2. The molecule has 3 aromatic rings. The fourth-order valence-electron chi connectivity index (χ4n) is 3.70. The number of nitro benzene ring substituents is 1. The number of benzene rings is 2. The van der Waals surface area contributed by atoms with E-state index in [-0.39, 0.29) is 35.4 Å². The highest BCUT2D eigenvalue weighted by Crippen LogP contribution is 2.43. The Kier molecular flexibility index (Phi) is 5.10. The summed E-state index contributed by atoms with van der Waals surface area (Å²) < 4.78 is 45.3. The van der Waals surface area contributed by atoms with E-state index in [1.807, 2.05) is 6.07 Å². The number of alkyl halides is 3. The Labute approximate surface area is 174 Å². The van der Waals surface area contributed by atoms with Crippen LogP contribution in [0.1, 0.15) is 11.1 Å². The third kappa shape index (κ3) is 3.81. The topological polar surface area (TPSA) is 83.7 Å². The molecule has 0 spiro atoms. The van der Waals surface area contributed by atoms with E-state index in [2.05, 4.69) is 4.99 Å². The number of β-amino-alcohol motifs (C(OH)–C–C–N with tert-alkyl or cyclic N) is 1. The summed E-state index contributed by atoms with van der Waals surface area (Å²) in [5, 5.41) is 22.3. The molecule has 160 valence electrons. The van der Waals surface area contributed by atoms with Gasteiger partial charge in [0.2, 0.25) is 12.3 Å². The Hall–Kier alpha value is -3.53. The molecule has 1 aliphatic rings. The van der Waals surface area contributed by atoms with Gasteiger partial charge in [-0.05, 0) is 11.6 Å². The predicted octanol–water partition coefficient (Wildman–Crippen LogP) is 3.47. The lowest BCUT2D eigenvalue weighted by Crippen LogP contribution is -2.48. The number of nitro groups is 1. The number of nitrogens with zero attached hydrogens (tertiary/aromatic N) is 4. The van der Waals surface area contributed by atoms with Crippen molar-refractivity contribution >= 4 is 29.0 Å². The number of non-ortho nitro benzene ring substituents is 1. The first-order valence-electron chi connectivity index (χ1n) is 9.37. The monoisotopic (exact) mass is 431 g/mol. The van der Waals surface area contributed by atoms with Gasteiger partial charge in [0.1, 0.15) is 0 Å². The summed E-state index contributed by atoms with van der Waals surface area (Å²) in [6.07, 6.45) is -1.01. The highest BCUT2D eigenvalue weighted by atomic mass is 19.4. The molecule has 4 rings (SSSR count). The number of fused-ring (bicyclic) bond motifs is 1. The van der Waals surface area contributed by atoms with E-state index in [9.17, 15) is 28.4 Å². The minimum absolute atomic E-state index is 0.00647. The summed E-state index contributed by atoms with van der Waals surface area (Å²) in [7, 11) is 0. The molecule has 0 fully saturated rings. The van der Waals surface area contributed by atoms with Gasteiger partial charge in [-0.25, -0.2) is 9.57 Å². The van der Waals surface area contributed by atoms with Gasteiger partial charge in [0.15, 0.2) is 12.8 Å². The molecular formula is C21H18F3N4O3+. The van der Waals surface area contributed by atoms with E-state index < -0.39 is 23.2 Å². The average Bonchev–Trinajstić information content (AvgIpc) is 3.35. The Morgan fingerprint density at radius 1 is 1.19 bits per heavy atom. The number of aliphatic imine (C=N–C) groups is 1. The van der Waals surface area contributed by atoms with Gasteiger partial charge in [0, 0.05) is 35.8 Å². The summed E-state index contributed by atoms with van der Waals surface area (Å²) >= 11 is 0. The van der Waals surface area contributed by atoms with Crippen LogP contribution in [0.3, 0.4) is 0 Å². The van der Waals surface area contributed by atoms with Gasteiger partial charge < -0.3 is 9.67 Å². The minimum Gasteiger partial charge on any atom is -0.371 e. The van der Waals surface area contributed by atoms with Crippen molar-refractivity contribution in [2.45, 2.75) is 18.3 Å². The minimum atomic E-state index is -4.99. The van der Waals surface area contributed by atoms with Crippen LogP contribution in [0.5, 0.6) is 0 Å². The summed E-state index contributed by atoms with van der Waals surface area (Å²) in [4.78, 5) is 14.5. The van der Waals surface area contributed by atoms with Crippen LogP contribution in [0.15, 0.2) is 59.7 Å². The van der Waals surface area contributed by atoms with Crippen molar-refractivity contribution in [1.29, 1.82) is 0 Å². The molecule has 10 heteroatoms. The summed E-state index contributed by atoms with van der Waals surface area (Å²) in [6, 6.07) is 12.6. The summed E-state index contributed by atoms with van der Waals surface area (Å²) in [5.74, 6) is 0. The standard InChI is InChI=1S/C21H18F3N4O3/c22-21(23,24)20(29,13-26-9-8-25-14-26)18-12-27(11-15-4-2-1-3-5-15)19-10-16(28(30)31)6-7-17(18)19/h1-10,12,29H,11,13-14H2/q+1. The Morgan fingerprint density at radius 2 is 1.94 bits per heavy atom. The average molecular weight is 431 g/mol. The van der Waals surface area contributed by atoms with Crippen molar-refractivity contribution in [1.82, 2.24) is 4.57 Å². The lowest BCUT2D eigenvalue weighted by molar-refractivity contribution is -0.549. The quantitative estimate of drug-likeness (QED) is 0.369. The Bertz CT molecular complexity index is 1200. The maximum Gasteiger partial charge on any atom is 0.427 e. The molecule has 31 heavy (non-hydrogen) atoms. The highest BCUT2D eigenvalue weighted by Gasteiger charge is 2.59. The van der Waals surface area contributed by atoms with Gasteiger partial charge in [-0.2, -0.15) is 13.2 Å². The molecular weight excluding hydrogens is 413 g/mol. The van der Waals surface area contributed by atoms with E-state index in [0.29, 0.717) is 0 Å². The molecule has 1 N–H and O–H groups in total. The van der Waals surface area contributed by atoms with Gasteiger partial charge in [-0.3, -0.25) is 10.1 Å². The first-order chi connectivity index (χ1) is 14.7. The van der Waals surface area contributed by atoms with Crippen LogP contribution in [0, 0.1) is 10.1 Å². The van der Waals surface area contributed by atoms with Gasteiger partial charge >= 0.3 is 6.18 Å². The van der Waals surface area contributed by atoms with Gasteiger partial charge in [0.25, 0.3) is 5.69 Å². The molecule has 1 aliphatic heterocycles. The molecule has 0 saturated heterocycles. The molecule has 0 amide bonds. The molecule has 0 bridgehead atoms. The SMILES string of the molecule is O=[N+]([O-])c1ccc2c(C(O)(C[N+]3=CC=NC3)C(F)(F)F)cn(Cc3ccccc3)c2c1. The lowest BCUT2D eigenvalue weighted by atomic mass is 9.92. The molecule has 2 heterocycles. The van der Waals surface area contributed by atoms with E-state index in [0.717, 1.165) is 11.6 Å². The normalized spacial score (nSPS) is 15.8. The van der Waals surface area contributed by atoms with Crippen LogP contribution in [0.2, 0.25) is 0 Å². The summed E-state index contributed by atoms with van der Waals surface area (Å²) in [6.45, 7) is -0.560. The second kappa shape index (κ2) is 7.62. The van der Waals surface area contributed by atoms with Crippen LogP contribution < -0.4 is 0 Å². The zero-order chi connectivity index (χ0) is 22.2. The fourth-order valence-corrected chi connectivity index (χ4v) is 3.70. The lowest BCUT2D eigenvalue weighted by Gasteiger charge is -2.27. The zero-order valence-corrected chi connectivity index (χ0v) is 16.2. The first kappa shape index (κ1) is 20.7. The van der Waals surface area contributed by atoms with Crippen molar-refractivity contribution in [2.75, 3.05) is 13.2 Å². The fraction of sp³-hybridized carbons (Fsp3) is 0.238. The van der Waals surface area contributed by atoms with E-state index >= 15 is 0 Å². The van der Waals surface area contributed by atoms with Crippen LogP contribution >= 0.6 is 0 Å². The second-order valence-electron chi connectivity index (χ2n) is 7.34. The molecule has 1 unspecified atom stereocenters. The van der Waals surface area contributed by atoms with Gasteiger partial charge in [-0.15, -0.1) is 0 Å². The predicted molar refractivity (Wildman–Crippen MR) is 109 cm³/mol. The molecule has 7 nitrogen and oxygen atoms in total. The van der Waals surface area contributed by atoms with Crippen molar-refractivity contribution in [3.05, 3.63) is 76.0 Å². The number of hydrogen-bond donors (Lipinski definition) is 1. The second-order valence-corrected chi connectivity index (χ2v) is 7.34. The third-order valence-corrected chi connectivity index (χ3v) is 5.27. The number of rotatable bonds is 6. The van der Waals surface area contributed by atoms with Crippen molar-refractivity contribution in [3.63, 3.8) is 0 Å². The van der Waals surface area contributed by atoms with Crippen LogP contribution in [0.4, 0.5) is 18.9 Å². The van der Waals surface area contributed by atoms with E-state index in [4.69, 9.17) is 0 Å².